The largest absolute Gasteiger partial charge is 0.396 e. The fraction of sp³-hybridized carbons (Fsp3) is 1.00. The molecular formula is C10H19NO3S. The topological polar surface area (TPSA) is 57.6 Å². The molecule has 1 N–H and O–H groups in total. The maximum Gasteiger partial charge on any atom is 0.151 e. The molecule has 2 rings (SSSR count). The molecule has 0 amide bonds. The van der Waals surface area contributed by atoms with Crippen molar-refractivity contribution in [2.24, 2.45) is 5.41 Å². The van der Waals surface area contributed by atoms with Crippen LogP contribution in [0.4, 0.5) is 0 Å². The first-order chi connectivity index (χ1) is 6.96. The van der Waals surface area contributed by atoms with Gasteiger partial charge in [0.25, 0.3) is 0 Å². The minimum atomic E-state index is -2.79. The smallest absolute Gasteiger partial charge is 0.151 e. The minimum absolute atomic E-state index is 0.0844. The average Bonchev–Trinajstić information content (AvgIpc) is 2.84. The summed E-state index contributed by atoms with van der Waals surface area (Å²) >= 11 is 0. The third kappa shape index (κ3) is 2.52. The molecule has 88 valence electrons. The van der Waals surface area contributed by atoms with Crippen LogP contribution < -0.4 is 0 Å². The Morgan fingerprint density at radius 2 is 2.13 bits per heavy atom. The summed E-state index contributed by atoms with van der Waals surface area (Å²) < 4.78 is 22.6. The molecule has 2 fully saturated rings. The van der Waals surface area contributed by atoms with E-state index >= 15 is 0 Å². The Bertz CT molecular complexity index is 335. The van der Waals surface area contributed by atoms with E-state index in [1.807, 2.05) is 7.05 Å². The lowest BCUT2D eigenvalue weighted by Gasteiger charge is -2.27. The molecule has 1 heterocycles. The van der Waals surface area contributed by atoms with E-state index in [4.69, 9.17) is 0 Å². The van der Waals surface area contributed by atoms with Gasteiger partial charge in [-0.1, -0.05) is 0 Å². The maximum absolute atomic E-state index is 11.3. The molecule has 1 saturated carbocycles. The first kappa shape index (κ1) is 11.4. The molecule has 5 heteroatoms. The zero-order chi connectivity index (χ0) is 11.1. The predicted octanol–water partition coefficient (Wildman–Crippen LogP) is -0.122. The number of aliphatic hydroxyl groups excluding tert-OH is 1. The van der Waals surface area contributed by atoms with Gasteiger partial charge < -0.3 is 10.0 Å². The molecule has 0 bridgehead atoms. The predicted molar refractivity (Wildman–Crippen MR) is 58.4 cm³/mol. The van der Waals surface area contributed by atoms with Crippen molar-refractivity contribution in [2.75, 3.05) is 31.7 Å². The van der Waals surface area contributed by atoms with E-state index in [0.29, 0.717) is 11.5 Å². The average molecular weight is 233 g/mol. The van der Waals surface area contributed by atoms with Crippen molar-refractivity contribution >= 4 is 9.84 Å². The molecule has 1 saturated heterocycles. The molecule has 1 aliphatic carbocycles. The van der Waals surface area contributed by atoms with Gasteiger partial charge in [0.2, 0.25) is 0 Å². The highest BCUT2D eigenvalue weighted by Gasteiger charge is 2.44. The second kappa shape index (κ2) is 3.71. The standard InChI is InChI=1S/C10H19NO3S/c1-11(7-10(8-12)3-4-10)9-2-5-15(13,14)6-9/h9,12H,2-8H2,1H3. The summed E-state index contributed by atoms with van der Waals surface area (Å²) in [5, 5.41) is 9.21. The summed E-state index contributed by atoms with van der Waals surface area (Å²) in [6, 6.07) is 0.166. The quantitative estimate of drug-likeness (QED) is 0.735. The molecular weight excluding hydrogens is 214 g/mol. The first-order valence-corrected chi connectivity index (χ1v) is 7.30. The van der Waals surface area contributed by atoms with Crippen molar-refractivity contribution in [3.63, 3.8) is 0 Å². The van der Waals surface area contributed by atoms with E-state index in [1.165, 1.54) is 0 Å². The zero-order valence-corrected chi connectivity index (χ0v) is 9.96. The van der Waals surface area contributed by atoms with Gasteiger partial charge >= 0.3 is 0 Å². The van der Waals surface area contributed by atoms with Crippen LogP contribution in [0.1, 0.15) is 19.3 Å². The van der Waals surface area contributed by atoms with Crippen LogP contribution in [0.5, 0.6) is 0 Å². The molecule has 1 unspecified atom stereocenters. The van der Waals surface area contributed by atoms with Crippen LogP contribution in [0.2, 0.25) is 0 Å². The Morgan fingerprint density at radius 3 is 2.53 bits per heavy atom. The lowest BCUT2D eigenvalue weighted by molar-refractivity contribution is 0.144. The normalized spacial score (nSPS) is 32.1. The van der Waals surface area contributed by atoms with Crippen LogP contribution in [0, 0.1) is 5.41 Å². The molecule has 0 aromatic carbocycles. The van der Waals surface area contributed by atoms with Crippen molar-refractivity contribution in [1.82, 2.24) is 4.90 Å². The van der Waals surface area contributed by atoms with E-state index in [2.05, 4.69) is 4.90 Å². The van der Waals surface area contributed by atoms with Gasteiger partial charge in [0, 0.05) is 24.6 Å². The van der Waals surface area contributed by atoms with Crippen LogP contribution in [-0.2, 0) is 9.84 Å². The summed E-state index contributed by atoms with van der Waals surface area (Å²) in [7, 11) is -0.813. The summed E-state index contributed by atoms with van der Waals surface area (Å²) in [6.45, 7) is 1.07. The highest BCUT2D eigenvalue weighted by molar-refractivity contribution is 7.91. The fourth-order valence-electron chi connectivity index (χ4n) is 2.32. The Hall–Kier alpha value is -0.130. The molecule has 1 aliphatic heterocycles. The zero-order valence-electron chi connectivity index (χ0n) is 9.15. The fourth-order valence-corrected chi connectivity index (χ4v) is 4.13. The molecule has 0 radical (unpaired) electrons. The summed E-state index contributed by atoms with van der Waals surface area (Å²) in [5.41, 5.74) is 0.0844. The number of sulfone groups is 1. The second-order valence-electron chi connectivity index (χ2n) is 5.13. The van der Waals surface area contributed by atoms with Gasteiger partial charge in [-0.2, -0.15) is 0 Å². The second-order valence-corrected chi connectivity index (χ2v) is 7.36. The number of hydrogen-bond acceptors (Lipinski definition) is 4. The highest BCUT2D eigenvalue weighted by atomic mass is 32.2. The van der Waals surface area contributed by atoms with E-state index in [1.54, 1.807) is 0 Å². The molecule has 1 atom stereocenters. The van der Waals surface area contributed by atoms with E-state index in [-0.39, 0.29) is 18.1 Å². The molecule has 15 heavy (non-hydrogen) atoms. The third-order valence-corrected chi connectivity index (χ3v) is 5.46. The Morgan fingerprint density at radius 1 is 1.47 bits per heavy atom. The van der Waals surface area contributed by atoms with E-state index in [0.717, 1.165) is 25.8 Å². The van der Waals surface area contributed by atoms with Crippen molar-refractivity contribution in [3.8, 4) is 0 Å². The SMILES string of the molecule is CN(CC1(CO)CC1)C1CCS(=O)(=O)C1. The Kier molecular flexibility index (Phi) is 2.81. The van der Waals surface area contributed by atoms with E-state index < -0.39 is 9.84 Å². The van der Waals surface area contributed by atoms with Gasteiger partial charge in [-0.15, -0.1) is 0 Å². The molecule has 0 aromatic rings. The van der Waals surface area contributed by atoms with Crippen molar-refractivity contribution < 1.29 is 13.5 Å². The van der Waals surface area contributed by atoms with Crippen LogP contribution >= 0.6 is 0 Å². The van der Waals surface area contributed by atoms with Gasteiger partial charge in [-0.25, -0.2) is 8.42 Å². The van der Waals surface area contributed by atoms with Crippen LogP contribution in [0.15, 0.2) is 0 Å². The van der Waals surface area contributed by atoms with Gasteiger partial charge in [-0.05, 0) is 26.3 Å². The summed E-state index contributed by atoms with van der Waals surface area (Å²) in [6.07, 6.45) is 2.90. The maximum atomic E-state index is 11.3. The lowest BCUT2D eigenvalue weighted by atomic mass is 10.1. The monoisotopic (exact) mass is 233 g/mol. The van der Waals surface area contributed by atoms with Gasteiger partial charge in [-0.3, -0.25) is 0 Å². The number of rotatable bonds is 4. The van der Waals surface area contributed by atoms with Gasteiger partial charge in [0.1, 0.15) is 0 Å². The molecule has 0 spiro atoms. The molecule has 0 aromatic heterocycles. The van der Waals surface area contributed by atoms with Crippen LogP contribution in [0.25, 0.3) is 0 Å². The van der Waals surface area contributed by atoms with Gasteiger partial charge in [0.05, 0.1) is 11.5 Å². The Balaban J connectivity index is 1.90. The molecule has 4 nitrogen and oxygen atoms in total. The first-order valence-electron chi connectivity index (χ1n) is 5.48. The van der Waals surface area contributed by atoms with Crippen LogP contribution in [0.3, 0.4) is 0 Å². The van der Waals surface area contributed by atoms with Crippen molar-refractivity contribution in [1.29, 1.82) is 0 Å². The minimum Gasteiger partial charge on any atom is -0.396 e. The summed E-state index contributed by atoms with van der Waals surface area (Å²) in [5.74, 6) is 0.624. The highest BCUT2D eigenvalue weighted by Crippen LogP contribution is 2.45. The van der Waals surface area contributed by atoms with E-state index in [9.17, 15) is 13.5 Å². The van der Waals surface area contributed by atoms with Crippen LogP contribution in [-0.4, -0.2) is 56.2 Å². The molecule has 2 aliphatic rings. The number of nitrogens with zero attached hydrogens (tertiary/aromatic N) is 1. The van der Waals surface area contributed by atoms with Gasteiger partial charge in [0.15, 0.2) is 9.84 Å². The van der Waals surface area contributed by atoms with Crippen molar-refractivity contribution in [2.45, 2.75) is 25.3 Å². The lowest BCUT2D eigenvalue weighted by Crippen LogP contribution is -2.38. The third-order valence-electron chi connectivity index (χ3n) is 3.71. The van der Waals surface area contributed by atoms with Crippen molar-refractivity contribution in [3.05, 3.63) is 0 Å². The Labute approximate surface area is 91.2 Å². The summed E-state index contributed by atoms with van der Waals surface area (Å²) in [4.78, 5) is 2.12. The number of aliphatic hydroxyl groups is 1. The number of hydrogen-bond donors (Lipinski definition) is 1.